The minimum atomic E-state index is -0.380. The van der Waals surface area contributed by atoms with Gasteiger partial charge in [0.25, 0.3) is 5.69 Å². The van der Waals surface area contributed by atoms with E-state index in [9.17, 15) is 10.1 Å². The van der Waals surface area contributed by atoms with E-state index < -0.39 is 0 Å². The van der Waals surface area contributed by atoms with Crippen LogP contribution in [0.5, 0.6) is 0 Å². The molecule has 0 aliphatic carbocycles. The van der Waals surface area contributed by atoms with Crippen molar-refractivity contribution in [1.82, 2.24) is 0 Å². The van der Waals surface area contributed by atoms with Crippen molar-refractivity contribution in [2.45, 2.75) is 6.92 Å². The van der Waals surface area contributed by atoms with Gasteiger partial charge in [0.2, 0.25) is 0 Å². The van der Waals surface area contributed by atoms with Gasteiger partial charge in [-0.05, 0) is 13.0 Å². The molecule has 1 aromatic carbocycles. The maximum atomic E-state index is 10.8. The second-order valence-electron chi connectivity index (χ2n) is 3.94. The van der Waals surface area contributed by atoms with Gasteiger partial charge in [-0.1, -0.05) is 6.07 Å². The molecule has 0 saturated heterocycles. The first-order valence-corrected chi connectivity index (χ1v) is 5.71. The lowest BCUT2D eigenvalue weighted by molar-refractivity contribution is -0.385. The van der Waals surface area contributed by atoms with E-state index in [1.165, 1.54) is 6.07 Å². The van der Waals surface area contributed by atoms with Crippen molar-refractivity contribution in [1.29, 1.82) is 0 Å². The van der Waals surface area contributed by atoms with Crippen molar-refractivity contribution in [3.05, 3.63) is 33.9 Å². The Labute approximate surface area is 106 Å². The SMILES string of the molecule is Cc1c(N(C)CCOCCO)cccc1[N+](=O)[O-]. The van der Waals surface area contributed by atoms with Crippen LogP contribution < -0.4 is 4.90 Å². The monoisotopic (exact) mass is 254 g/mol. The lowest BCUT2D eigenvalue weighted by atomic mass is 10.1. The first-order valence-electron chi connectivity index (χ1n) is 5.71. The van der Waals surface area contributed by atoms with E-state index in [0.717, 1.165) is 5.69 Å². The highest BCUT2D eigenvalue weighted by atomic mass is 16.6. The van der Waals surface area contributed by atoms with Crippen LogP contribution >= 0.6 is 0 Å². The number of nitro groups is 1. The molecule has 0 unspecified atom stereocenters. The Morgan fingerprint density at radius 1 is 1.44 bits per heavy atom. The van der Waals surface area contributed by atoms with Crippen molar-refractivity contribution < 1.29 is 14.8 Å². The van der Waals surface area contributed by atoms with Crippen LogP contribution in [0, 0.1) is 17.0 Å². The third kappa shape index (κ3) is 3.68. The molecule has 0 aliphatic heterocycles. The summed E-state index contributed by atoms with van der Waals surface area (Å²) in [4.78, 5) is 12.4. The molecule has 1 N–H and O–H groups in total. The van der Waals surface area contributed by atoms with Crippen molar-refractivity contribution in [3.8, 4) is 0 Å². The zero-order chi connectivity index (χ0) is 13.5. The fourth-order valence-electron chi connectivity index (χ4n) is 1.71. The van der Waals surface area contributed by atoms with Crippen molar-refractivity contribution in [2.75, 3.05) is 38.3 Å². The largest absolute Gasteiger partial charge is 0.394 e. The number of anilines is 1. The minimum absolute atomic E-state index is 0.000446. The lowest BCUT2D eigenvalue weighted by Crippen LogP contribution is -2.24. The normalized spacial score (nSPS) is 10.4. The van der Waals surface area contributed by atoms with Gasteiger partial charge in [0, 0.05) is 30.9 Å². The molecule has 0 heterocycles. The zero-order valence-corrected chi connectivity index (χ0v) is 10.6. The highest BCUT2D eigenvalue weighted by Crippen LogP contribution is 2.27. The van der Waals surface area contributed by atoms with E-state index in [1.807, 2.05) is 18.0 Å². The summed E-state index contributed by atoms with van der Waals surface area (Å²) in [7, 11) is 1.86. The second kappa shape index (κ2) is 6.93. The predicted molar refractivity (Wildman–Crippen MR) is 69.0 cm³/mol. The average Bonchev–Trinajstić information content (AvgIpc) is 2.34. The van der Waals surface area contributed by atoms with Crippen molar-refractivity contribution in [3.63, 3.8) is 0 Å². The smallest absolute Gasteiger partial charge is 0.274 e. The molecule has 0 aliphatic rings. The Kier molecular flexibility index (Phi) is 5.54. The molecule has 18 heavy (non-hydrogen) atoms. The van der Waals surface area contributed by atoms with Crippen molar-refractivity contribution >= 4 is 11.4 Å². The minimum Gasteiger partial charge on any atom is -0.394 e. The van der Waals surface area contributed by atoms with E-state index in [2.05, 4.69) is 0 Å². The second-order valence-corrected chi connectivity index (χ2v) is 3.94. The maximum absolute atomic E-state index is 10.8. The van der Waals surface area contributed by atoms with E-state index in [1.54, 1.807) is 13.0 Å². The number of hydrogen-bond acceptors (Lipinski definition) is 5. The Balaban J connectivity index is 2.70. The summed E-state index contributed by atoms with van der Waals surface area (Å²) in [5.74, 6) is 0. The molecular formula is C12H18N2O4. The Hall–Kier alpha value is -1.66. The number of ether oxygens (including phenoxy) is 1. The fourth-order valence-corrected chi connectivity index (χ4v) is 1.71. The molecule has 1 aromatic rings. The Bertz CT molecular complexity index is 409. The molecule has 0 spiro atoms. The lowest BCUT2D eigenvalue weighted by Gasteiger charge is -2.21. The molecule has 0 bridgehead atoms. The summed E-state index contributed by atoms with van der Waals surface area (Å²) in [5, 5.41) is 19.4. The molecule has 100 valence electrons. The number of benzene rings is 1. The Morgan fingerprint density at radius 3 is 2.78 bits per heavy atom. The summed E-state index contributed by atoms with van der Waals surface area (Å²) in [5.41, 5.74) is 1.58. The molecule has 0 saturated carbocycles. The van der Waals surface area contributed by atoms with Crippen molar-refractivity contribution in [2.24, 2.45) is 0 Å². The number of rotatable bonds is 7. The number of aliphatic hydroxyl groups excluding tert-OH is 1. The van der Waals surface area contributed by atoms with Gasteiger partial charge in [0.05, 0.1) is 24.7 Å². The molecular weight excluding hydrogens is 236 g/mol. The molecule has 0 amide bonds. The van der Waals surface area contributed by atoms with Crippen LogP contribution in [0.2, 0.25) is 0 Å². The predicted octanol–water partition coefficient (Wildman–Crippen LogP) is 1.35. The molecule has 6 heteroatoms. The zero-order valence-electron chi connectivity index (χ0n) is 10.6. The van der Waals surface area contributed by atoms with E-state index in [-0.39, 0.29) is 17.2 Å². The van der Waals surface area contributed by atoms with Crippen LogP contribution in [0.25, 0.3) is 0 Å². The van der Waals surface area contributed by atoms with E-state index in [0.29, 0.717) is 25.3 Å². The Morgan fingerprint density at radius 2 is 2.17 bits per heavy atom. The first-order chi connectivity index (χ1) is 8.57. The summed E-state index contributed by atoms with van der Waals surface area (Å²) in [6.45, 7) is 3.13. The van der Waals surface area contributed by atoms with Gasteiger partial charge in [-0.25, -0.2) is 0 Å². The topological polar surface area (TPSA) is 75.8 Å². The van der Waals surface area contributed by atoms with Crippen LogP contribution in [0.4, 0.5) is 11.4 Å². The van der Waals surface area contributed by atoms with Crippen LogP contribution in [0.3, 0.4) is 0 Å². The quantitative estimate of drug-likeness (QED) is 0.451. The summed E-state index contributed by atoms with van der Waals surface area (Å²) in [6.07, 6.45) is 0. The third-order valence-corrected chi connectivity index (χ3v) is 2.69. The van der Waals surface area contributed by atoms with E-state index >= 15 is 0 Å². The number of likely N-dealkylation sites (N-methyl/N-ethyl adjacent to an activating group) is 1. The molecule has 0 radical (unpaired) electrons. The number of aliphatic hydroxyl groups is 1. The highest BCUT2D eigenvalue weighted by Gasteiger charge is 2.15. The summed E-state index contributed by atoms with van der Waals surface area (Å²) in [6, 6.07) is 5.01. The van der Waals surface area contributed by atoms with Gasteiger partial charge in [0.1, 0.15) is 0 Å². The van der Waals surface area contributed by atoms with Gasteiger partial charge >= 0.3 is 0 Å². The van der Waals surface area contributed by atoms with Gasteiger partial charge < -0.3 is 14.7 Å². The summed E-state index contributed by atoms with van der Waals surface area (Å²) < 4.78 is 5.17. The van der Waals surface area contributed by atoms with Crippen LogP contribution in [-0.4, -0.2) is 43.4 Å². The van der Waals surface area contributed by atoms with Gasteiger partial charge in [-0.15, -0.1) is 0 Å². The highest BCUT2D eigenvalue weighted by molar-refractivity contribution is 5.60. The number of hydrogen-bond donors (Lipinski definition) is 1. The molecule has 0 aromatic heterocycles. The molecule has 0 fully saturated rings. The molecule has 1 rings (SSSR count). The third-order valence-electron chi connectivity index (χ3n) is 2.69. The summed E-state index contributed by atoms with van der Waals surface area (Å²) >= 11 is 0. The standard InChI is InChI=1S/C12H18N2O4/c1-10-11(4-3-5-12(10)14(16)17)13(2)6-8-18-9-7-15/h3-5,15H,6-9H2,1-2H3. The number of nitro benzene ring substituents is 1. The average molecular weight is 254 g/mol. The molecule has 6 nitrogen and oxygen atoms in total. The van der Waals surface area contributed by atoms with Gasteiger partial charge in [0.15, 0.2) is 0 Å². The fraction of sp³-hybridized carbons (Fsp3) is 0.500. The van der Waals surface area contributed by atoms with Gasteiger partial charge in [-0.2, -0.15) is 0 Å². The van der Waals surface area contributed by atoms with Crippen LogP contribution in [-0.2, 0) is 4.74 Å². The van der Waals surface area contributed by atoms with Crippen LogP contribution in [0.15, 0.2) is 18.2 Å². The number of nitrogens with zero attached hydrogens (tertiary/aromatic N) is 2. The van der Waals surface area contributed by atoms with Crippen LogP contribution in [0.1, 0.15) is 5.56 Å². The van der Waals surface area contributed by atoms with E-state index in [4.69, 9.17) is 9.84 Å². The maximum Gasteiger partial charge on any atom is 0.274 e. The molecule has 0 atom stereocenters. The first kappa shape index (κ1) is 14.4. The van der Waals surface area contributed by atoms with Gasteiger partial charge in [-0.3, -0.25) is 10.1 Å².